The van der Waals surface area contributed by atoms with Gasteiger partial charge in [-0.05, 0) is 45.8 Å². The second-order valence-electron chi connectivity index (χ2n) is 3.96. The van der Waals surface area contributed by atoms with Crippen LogP contribution in [-0.2, 0) is 0 Å². The second kappa shape index (κ2) is 6.14. The lowest BCUT2D eigenvalue weighted by molar-refractivity contribution is 0.220. The topological polar surface area (TPSA) is 29.5 Å². The van der Waals surface area contributed by atoms with Crippen LogP contribution in [0.3, 0.4) is 0 Å². The van der Waals surface area contributed by atoms with Crippen molar-refractivity contribution >= 4 is 39.1 Å². The predicted octanol–water partition coefficient (Wildman–Crippen LogP) is 4.85. The Kier molecular flexibility index (Phi) is 4.74. The maximum atomic E-state index is 10.4. The maximum absolute atomic E-state index is 10.4. The molecule has 2 aromatic carbocycles. The van der Waals surface area contributed by atoms with Gasteiger partial charge < -0.3 is 9.84 Å². The van der Waals surface area contributed by atoms with E-state index in [0.29, 0.717) is 26.9 Å². The maximum Gasteiger partial charge on any atom is 0.120 e. The molecule has 0 fully saturated rings. The van der Waals surface area contributed by atoms with Gasteiger partial charge in [0.2, 0.25) is 0 Å². The highest BCUT2D eigenvalue weighted by molar-refractivity contribution is 9.10. The van der Waals surface area contributed by atoms with Crippen molar-refractivity contribution in [2.45, 2.75) is 6.10 Å². The van der Waals surface area contributed by atoms with E-state index >= 15 is 0 Å². The first-order chi connectivity index (χ1) is 9.02. The lowest BCUT2D eigenvalue weighted by Crippen LogP contribution is -2.01. The standard InChI is InChI=1S/C14H11BrCl2O2/c1-19-9-3-4-10(12(16)7-9)14(18)8-2-5-11(15)13(17)6-8/h2-7,14,18H,1H3. The summed E-state index contributed by atoms with van der Waals surface area (Å²) in [5, 5.41) is 11.3. The Morgan fingerprint density at radius 3 is 2.42 bits per heavy atom. The van der Waals surface area contributed by atoms with E-state index in [0.717, 1.165) is 4.47 Å². The molecule has 0 aliphatic carbocycles. The van der Waals surface area contributed by atoms with Gasteiger partial charge >= 0.3 is 0 Å². The largest absolute Gasteiger partial charge is 0.497 e. The molecule has 0 saturated carbocycles. The van der Waals surface area contributed by atoms with Gasteiger partial charge in [0.1, 0.15) is 11.9 Å². The van der Waals surface area contributed by atoms with Gasteiger partial charge in [0.25, 0.3) is 0 Å². The first kappa shape index (κ1) is 14.7. The van der Waals surface area contributed by atoms with Gasteiger partial charge in [0.05, 0.1) is 17.2 Å². The fourth-order valence-electron chi connectivity index (χ4n) is 1.72. The minimum atomic E-state index is -0.830. The summed E-state index contributed by atoms with van der Waals surface area (Å²) in [5.74, 6) is 0.648. The van der Waals surface area contributed by atoms with Crippen LogP contribution >= 0.6 is 39.1 Å². The Morgan fingerprint density at radius 1 is 1.11 bits per heavy atom. The average molecular weight is 362 g/mol. The quantitative estimate of drug-likeness (QED) is 0.846. The van der Waals surface area contributed by atoms with Crippen LogP contribution in [0.15, 0.2) is 40.9 Å². The monoisotopic (exact) mass is 360 g/mol. The van der Waals surface area contributed by atoms with Crippen LogP contribution in [0.1, 0.15) is 17.2 Å². The first-order valence-electron chi connectivity index (χ1n) is 5.49. The molecule has 0 aromatic heterocycles. The SMILES string of the molecule is COc1ccc(C(O)c2ccc(Br)c(Cl)c2)c(Cl)c1. The summed E-state index contributed by atoms with van der Waals surface area (Å²) < 4.78 is 5.86. The van der Waals surface area contributed by atoms with Gasteiger partial charge in [-0.2, -0.15) is 0 Å². The molecule has 0 saturated heterocycles. The molecule has 1 atom stereocenters. The van der Waals surface area contributed by atoms with E-state index in [-0.39, 0.29) is 0 Å². The summed E-state index contributed by atoms with van der Waals surface area (Å²) in [5.41, 5.74) is 1.29. The zero-order valence-electron chi connectivity index (χ0n) is 10.0. The van der Waals surface area contributed by atoms with E-state index in [1.54, 1.807) is 43.5 Å². The van der Waals surface area contributed by atoms with Crippen molar-refractivity contribution in [1.82, 2.24) is 0 Å². The van der Waals surface area contributed by atoms with Crippen molar-refractivity contribution in [3.05, 3.63) is 62.0 Å². The van der Waals surface area contributed by atoms with Gasteiger partial charge in [-0.25, -0.2) is 0 Å². The Balaban J connectivity index is 2.38. The molecular formula is C14H11BrCl2O2. The lowest BCUT2D eigenvalue weighted by atomic mass is 10.0. The van der Waals surface area contributed by atoms with Gasteiger partial charge in [-0.15, -0.1) is 0 Å². The highest BCUT2D eigenvalue weighted by Crippen LogP contribution is 2.33. The van der Waals surface area contributed by atoms with Crippen LogP contribution in [-0.4, -0.2) is 12.2 Å². The Hall–Kier alpha value is -0.740. The molecule has 2 aromatic rings. The fourth-order valence-corrected chi connectivity index (χ4v) is 2.43. The number of rotatable bonds is 3. The van der Waals surface area contributed by atoms with Crippen LogP contribution in [0, 0.1) is 0 Å². The molecule has 100 valence electrons. The third-order valence-electron chi connectivity index (χ3n) is 2.76. The van der Waals surface area contributed by atoms with Crippen molar-refractivity contribution in [3.8, 4) is 5.75 Å². The molecule has 0 aliphatic rings. The number of hydrogen-bond acceptors (Lipinski definition) is 2. The molecule has 0 aliphatic heterocycles. The third-order valence-corrected chi connectivity index (χ3v) is 4.32. The molecule has 2 rings (SSSR count). The zero-order valence-corrected chi connectivity index (χ0v) is 13.1. The van der Waals surface area contributed by atoms with Crippen LogP contribution in [0.4, 0.5) is 0 Å². The lowest BCUT2D eigenvalue weighted by Gasteiger charge is -2.14. The minimum absolute atomic E-state index is 0.450. The smallest absolute Gasteiger partial charge is 0.120 e. The Labute approximate surface area is 130 Å². The third kappa shape index (κ3) is 3.23. The summed E-state index contributed by atoms with van der Waals surface area (Å²) in [6.07, 6.45) is -0.830. The normalized spacial score (nSPS) is 12.3. The molecule has 2 nitrogen and oxygen atoms in total. The van der Waals surface area contributed by atoms with E-state index in [1.807, 2.05) is 0 Å². The summed E-state index contributed by atoms with van der Waals surface area (Å²) in [7, 11) is 1.57. The van der Waals surface area contributed by atoms with Crippen LogP contribution in [0.5, 0.6) is 5.75 Å². The molecule has 0 radical (unpaired) electrons. The summed E-state index contributed by atoms with van der Waals surface area (Å²) in [6, 6.07) is 10.4. The highest BCUT2D eigenvalue weighted by Gasteiger charge is 2.15. The number of hydrogen-bond donors (Lipinski definition) is 1. The van der Waals surface area contributed by atoms with E-state index in [1.165, 1.54) is 0 Å². The summed E-state index contributed by atoms with van der Waals surface area (Å²) >= 11 is 15.5. The van der Waals surface area contributed by atoms with Gasteiger partial charge in [-0.3, -0.25) is 0 Å². The second-order valence-corrected chi connectivity index (χ2v) is 5.63. The number of ether oxygens (including phenoxy) is 1. The van der Waals surface area contributed by atoms with Crippen LogP contribution in [0.25, 0.3) is 0 Å². The molecular weight excluding hydrogens is 351 g/mol. The fraction of sp³-hybridized carbons (Fsp3) is 0.143. The van der Waals surface area contributed by atoms with Gasteiger partial charge in [0, 0.05) is 10.0 Å². The van der Waals surface area contributed by atoms with Crippen LogP contribution in [0.2, 0.25) is 10.0 Å². The minimum Gasteiger partial charge on any atom is -0.497 e. The van der Waals surface area contributed by atoms with E-state index in [2.05, 4.69) is 15.9 Å². The number of halogens is 3. The van der Waals surface area contributed by atoms with Gasteiger partial charge in [0.15, 0.2) is 0 Å². The molecule has 1 N–H and O–H groups in total. The van der Waals surface area contributed by atoms with Crippen LogP contribution < -0.4 is 4.74 Å². The number of benzene rings is 2. The molecule has 0 amide bonds. The zero-order chi connectivity index (χ0) is 14.0. The number of aliphatic hydroxyl groups excluding tert-OH is 1. The summed E-state index contributed by atoms with van der Waals surface area (Å²) in [6.45, 7) is 0. The Bertz CT molecular complexity index is 602. The van der Waals surface area contributed by atoms with Crippen molar-refractivity contribution < 1.29 is 9.84 Å². The average Bonchev–Trinajstić information content (AvgIpc) is 2.41. The molecule has 0 bridgehead atoms. The van der Waals surface area contributed by atoms with Crippen molar-refractivity contribution in [1.29, 1.82) is 0 Å². The summed E-state index contributed by atoms with van der Waals surface area (Å²) in [4.78, 5) is 0. The van der Waals surface area contributed by atoms with E-state index in [9.17, 15) is 5.11 Å². The van der Waals surface area contributed by atoms with E-state index in [4.69, 9.17) is 27.9 Å². The van der Waals surface area contributed by atoms with Gasteiger partial charge in [-0.1, -0.05) is 35.3 Å². The number of methoxy groups -OCH3 is 1. The Morgan fingerprint density at radius 2 is 1.84 bits per heavy atom. The first-order valence-corrected chi connectivity index (χ1v) is 7.04. The number of aliphatic hydroxyl groups is 1. The van der Waals surface area contributed by atoms with Crippen molar-refractivity contribution in [2.75, 3.05) is 7.11 Å². The van der Waals surface area contributed by atoms with Crippen molar-refractivity contribution in [2.24, 2.45) is 0 Å². The molecule has 1 unspecified atom stereocenters. The molecule has 0 spiro atoms. The molecule has 5 heteroatoms. The van der Waals surface area contributed by atoms with E-state index < -0.39 is 6.10 Å². The highest BCUT2D eigenvalue weighted by atomic mass is 79.9. The molecule has 19 heavy (non-hydrogen) atoms. The molecule has 0 heterocycles. The van der Waals surface area contributed by atoms with Crippen molar-refractivity contribution in [3.63, 3.8) is 0 Å². The predicted molar refractivity (Wildman–Crippen MR) is 81.2 cm³/mol.